The van der Waals surface area contributed by atoms with Gasteiger partial charge in [-0.1, -0.05) is 12.1 Å². The van der Waals surface area contributed by atoms with Gasteiger partial charge in [0, 0.05) is 0 Å². The largest absolute Gasteiger partial charge is 0.416 e. The maximum absolute atomic E-state index is 12.4. The quantitative estimate of drug-likeness (QED) is 0.666. The van der Waals surface area contributed by atoms with Crippen LogP contribution >= 0.6 is 11.8 Å². The first kappa shape index (κ1) is 16.0. The van der Waals surface area contributed by atoms with Crippen molar-refractivity contribution < 1.29 is 18.3 Å². The molecule has 1 aromatic carbocycles. The Kier molecular flexibility index (Phi) is 6.37. The van der Waals surface area contributed by atoms with Crippen molar-refractivity contribution in [1.29, 1.82) is 0 Å². The van der Waals surface area contributed by atoms with Gasteiger partial charge < -0.3 is 5.11 Å². The van der Waals surface area contributed by atoms with Crippen LogP contribution in [0.25, 0.3) is 0 Å². The van der Waals surface area contributed by atoms with Gasteiger partial charge in [-0.3, -0.25) is 4.99 Å². The second kappa shape index (κ2) is 7.55. The smallest absolute Gasteiger partial charge is 0.394 e. The van der Waals surface area contributed by atoms with E-state index in [9.17, 15) is 13.2 Å². The molecule has 0 radical (unpaired) electrons. The molecule has 0 amide bonds. The highest BCUT2D eigenvalue weighted by Gasteiger charge is 2.29. The monoisotopic (exact) mass is 291 g/mol. The molecule has 0 aromatic heterocycles. The zero-order valence-electron chi connectivity index (χ0n) is 10.6. The van der Waals surface area contributed by atoms with Gasteiger partial charge in [-0.05, 0) is 36.8 Å². The highest BCUT2D eigenvalue weighted by atomic mass is 32.2. The second-order valence-corrected chi connectivity index (χ2v) is 4.78. The number of hydrogen-bond acceptors (Lipinski definition) is 3. The van der Waals surface area contributed by atoms with Crippen LogP contribution in [0.1, 0.15) is 17.5 Å². The lowest BCUT2D eigenvalue weighted by molar-refractivity contribution is -0.137. The van der Waals surface area contributed by atoms with Crippen LogP contribution in [0, 0.1) is 0 Å². The molecule has 106 valence electrons. The minimum atomic E-state index is -4.29. The molecule has 0 saturated carbocycles. The van der Waals surface area contributed by atoms with Crippen molar-refractivity contribution in [3.63, 3.8) is 0 Å². The molecule has 0 atom stereocenters. The fourth-order valence-electron chi connectivity index (χ4n) is 1.53. The lowest BCUT2D eigenvalue weighted by Crippen LogP contribution is -2.05. The van der Waals surface area contributed by atoms with Gasteiger partial charge in [0.25, 0.3) is 0 Å². The molecule has 0 aliphatic heterocycles. The van der Waals surface area contributed by atoms with Crippen molar-refractivity contribution in [2.75, 3.05) is 19.4 Å². The molecule has 0 fully saturated rings. The summed E-state index contributed by atoms with van der Waals surface area (Å²) in [4.78, 5) is 4.18. The number of aliphatic imine (C=N–C) groups is 1. The Morgan fingerprint density at radius 3 is 2.37 bits per heavy atom. The predicted molar refractivity (Wildman–Crippen MR) is 72.7 cm³/mol. The van der Waals surface area contributed by atoms with Crippen LogP contribution in [0.2, 0.25) is 0 Å². The van der Waals surface area contributed by atoms with Gasteiger partial charge in [-0.2, -0.15) is 13.2 Å². The molecule has 0 aliphatic rings. The topological polar surface area (TPSA) is 32.6 Å². The fourth-order valence-corrected chi connectivity index (χ4v) is 2.06. The summed E-state index contributed by atoms with van der Waals surface area (Å²) < 4.78 is 37.1. The van der Waals surface area contributed by atoms with Gasteiger partial charge in [0.2, 0.25) is 0 Å². The number of benzene rings is 1. The van der Waals surface area contributed by atoms with Crippen molar-refractivity contribution in [2.45, 2.75) is 19.0 Å². The van der Waals surface area contributed by atoms with Gasteiger partial charge in [0.05, 0.1) is 23.8 Å². The van der Waals surface area contributed by atoms with E-state index in [-0.39, 0.29) is 6.61 Å². The van der Waals surface area contributed by atoms with Gasteiger partial charge in [0.1, 0.15) is 0 Å². The molecule has 0 saturated heterocycles. The molecule has 6 heteroatoms. The molecule has 0 aliphatic carbocycles. The maximum Gasteiger partial charge on any atom is 0.416 e. The summed E-state index contributed by atoms with van der Waals surface area (Å²) in [5, 5.41) is 9.58. The molecule has 2 nitrogen and oxygen atoms in total. The zero-order valence-corrected chi connectivity index (χ0v) is 11.4. The summed E-state index contributed by atoms with van der Waals surface area (Å²) in [5.41, 5.74) is 0.217. The lowest BCUT2D eigenvalue weighted by Gasteiger charge is -2.08. The van der Waals surface area contributed by atoms with Crippen LogP contribution in [0.15, 0.2) is 29.3 Å². The lowest BCUT2D eigenvalue weighted by atomic mass is 10.1. The molecule has 1 rings (SSSR count). The normalized spacial score (nSPS) is 12.8. The first-order chi connectivity index (χ1) is 8.97. The van der Waals surface area contributed by atoms with Crippen molar-refractivity contribution in [3.05, 3.63) is 35.4 Å². The number of nitrogens with zero attached hydrogens (tertiary/aromatic N) is 1. The maximum atomic E-state index is 12.4. The van der Waals surface area contributed by atoms with Gasteiger partial charge in [-0.25, -0.2) is 0 Å². The number of aryl methyl sites for hydroxylation is 1. The standard InChI is InChI=1S/C13H16F3NOS/c1-19-12(17-8-9-18)7-4-10-2-5-11(6-3-10)13(14,15)16/h2-3,5-6,18H,4,7-9H2,1H3/b17-12-. The van der Waals surface area contributed by atoms with Gasteiger partial charge >= 0.3 is 6.18 Å². The number of aliphatic hydroxyl groups excluding tert-OH is 1. The molecule has 0 spiro atoms. The third-order valence-corrected chi connectivity index (χ3v) is 3.34. The van der Waals surface area contributed by atoms with Crippen LogP contribution in [0.5, 0.6) is 0 Å². The van der Waals surface area contributed by atoms with Crippen LogP contribution in [0.3, 0.4) is 0 Å². The number of thioether (sulfide) groups is 1. The van der Waals surface area contributed by atoms with Crippen molar-refractivity contribution in [3.8, 4) is 0 Å². The Labute approximate surface area is 114 Å². The van der Waals surface area contributed by atoms with Crippen LogP contribution < -0.4 is 0 Å². The summed E-state index contributed by atoms with van der Waals surface area (Å²) in [7, 11) is 0. The van der Waals surface area contributed by atoms with E-state index in [0.29, 0.717) is 19.4 Å². The number of rotatable bonds is 5. The van der Waals surface area contributed by atoms with E-state index in [1.165, 1.54) is 23.9 Å². The third-order valence-electron chi connectivity index (χ3n) is 2.53. The SMILES string of the molecule is CS/C(CCc1ccc(C(F)(F)F)cc1)=N\CCO. The Hall–Kier alpha value is -1.01. The van der Waals surface area contributed by atoms with Crippen molar-refractivity contribution in [1.82, 2.24) is 0 Å². The second-order valence-electron chi connectivity index (χ2n) is 3.90. The van der Waals surface area contributed by atoms with E-state index in [4.69, 9.17) is 5.11 Å². The van der Waals surface area contributed by atoms with Gasteiger partial charge in [-0.15, -0.1) is 11.8 Å². The van der Waals surface area contributed by atoms with Gasteiger partial charge in [0.15, 0.2) is 0 Å². The highest BCUT2D eigenvalue weighted by molar-refractivity contribution is 8.13. The molecule has 19 heavy (non-hydrogen) atoms. The first-order valence-corrected chi connectivity index (χ1v) is 7.04. The molecule has 0 heterocycles. The Morgan fingerprint density at radius 2 is 1.89 bits per heavy atom. The van der Waals surface area contributed by atoms with Crippen LogP contribution in [0.4, 0.5) is 13.2 Å². The predicted octanol–water partition coefficient (Wildman–Crippen LogP) is 3.39. The summed E-state index contributed by atoms with van der Waals surface area (Å²) in [6.07, 6.45) is -1.08. The summed E-state index contributed by atoms with van der Waals surface area (Å²) in [6.45, 7) is 0.369. The molecule has 1 N–H and O–H groups in total. The molecular weight excluding hydrogens is 275 g/mol. The zero-order chi connectivity index (χ0) is 14.3. The molecular formula is C13H16F3NOS. The average molecular weight is 291 g/mol. The Bertz CT molecular complexity index is 415. The van der Waals surface area contributed by atoms with E-state index < -0.39 is 11.7 Å². The Morgan fingerprint density at radius 1 is 1.26 bits per heavy atom. The number of aliphatic hydroxyl groups is 1. The minimum Gasteiger partial charge on any atom is -0.394 e. The number of alkyl halides is 3. The van der Waals surface area contributed by atoms with Crippen molar-refractivity contribution in [2.24, 2.45) is 4.99 Å². The summed E-state index contributed by atoms with van der Waals surface area (Å²) in [5.74, 6) is 0. The van der Waals surface area contributed by atoms with Crippen LogP contribution in [-0.2, 0) is 12.6 Å². The fraction of sp³-hybridized carbons (Fsp3) is 0.462. The van der Waals surface area contributed by atoms with Crippen LogP contribution in [-0.4, -0.2) is 29.6 Å². The highest BCUT2D eigenvalue weighted by Crippen LogP contribution is 2.29. The van der Waals surface area contributed by atoms with E-state index in [0.717, 1.165) is 22.7 Å². The first-order valence-electron chi connectivity index (χ1n) is 5.81. The third kappa shape index (κ3) is 5.65. The van der Waals surface area contributed by atoms with E-state index in [1.54, 1.807) is 0 Å². The molecule has 1 aromatic rings. The van der Waals surface area contributed by atoms with E-state index in [1.807, 2.05) is 6.26 Å². The van der Waals surface area contributed by atoms with E-state index >= 15 is 0 Å². The summed E-state index contributed by atoms with van der Waals surface area (Å²) in [6, 6.07) is 5.18. The molecule has 0 unspecified atom stereocenters. The number of halogens is 3. The average Bonchev–Trinajstić information content (AvgIpc) is 2.38. The number of hydrogen-bond donors (Lipinski definition) is 1. The Balaban J connectivity index is 2.59. The van der Waals surface area contributed by atoms with E-state index in [2.05, 4.69) is 4.99 Å². The van der Waals surface area contributed by atoms with Crippen molar-refractivity contribution >= 4 is 16.8 Å². The molecule has 0 bridgehead atoms. The summed E-state index contributed by atoms with van der Waals surface area (Å²) >= 11 is 1.50. The minimum absolute atomic E-state index is 0.00431.